The van der Waals surface area contributed by atoms with Gasteiger partial charge in [0.15, 0.2) is 11.5 Å². The molecule has 2 aliphatic carbocycles. The summed E-state index contributed by atoms with van der Waals surface area (Å²) in [5.74, 6) is 3.66. The van der Waals surface area contributed by atoms with E-state index in [4.69, 9.17) is 14.1 Å². The van der Waals surface area contributed by atoms with Crippen molar-refractivity contribution in [3.63, 3.8) is 0 Å². The number of hydrogen-bond donors (Lipinski definition) is 1. The van der Waals surface area contributed by atoms with Crippen molar-refractivity contribution in [3.05, 3.63) is 23.6 Å². The third-order valence-electron chi connectivity index (χ3n) is 5.57. The molecule has 2 aromatic heterocycles. The molecule has 8 heteroatoms. The Balaban J connectivity index is 1.36. The highest BCUT2D eigenvalue weighted by Crippen LogP contribution is 2.47. The molecule has 0 radical (unpaired) electrons. The molecule has 2 saturated carbocycles. The van der Waals surface area contributed by atoms with Gasteiger partial charge in [0.2, 0.25) is 0 Å². The van der Waals surface area contributed by atoms with Gasteiger partial charge in [-0.3, -0.25) is 9.89 Å². The molecule has 5 rings (SSSR count). The summed E-state index contributed by atoms with van der Waals surface area (Å²) < 4.78 is 10.0. The number of carbonyl (C=O) groups is 1. The molecule has 0 bridgehead atoms. The van der Waals surface area contributed by atoms with Crippen molar-refractivity contribution in [2.45, 2.75) is 37.5 Å². The number of oxazole rings is 1. The van der Waals surface area contributed by atoms with Gasteiger partial charge in [-0.05, 0) is 37.5 Å². The first-order valence-electron chi connectivity index (χ1n) is 8.94. The van der Waals surface area contributed by atoms with E-state index in [1.807, 2.05) is 4.90 Å². The van der Waals surface area contributed by atoms with Crippen molar-refractivity contribution in [1.82, 2.24) is 25.1 Å². The normalized spacial score (nSPS) is 26.2. The monoisotopic (exact) mass is 343 g/mol. The lowest BCUT2D eigenvalue weighted by atomic mass is 9.91. The fourth-order valence-electron chi connectivity index (χ4n) is 3.88. The maximum Gasteiger partial charge on any atom is 0.393 e. The molecule has 0 unspecified atom stereocenters. The van der Waals surface area contributed by atoms with Crippen LogP contribution in [-0.4, -0.2) is 51.2 Å². The summed E-state index contributed by atoms with van der Waals surface area (Å²) in [4.78, 5) is 23.4. The lowest BCUT2D eigenvalue weighted by Crippen LogP contribution is -2.29. The van der Waals surface area contributed by atoms with Gasteiger partial charge < -0.3 is 14.1 Å². The third-order valence-corrected chi connectivity index (χ3v) is 5.57. The van der Waals surface area contributed by atoms with Crippen LogP contribution >= 0.6 is 0 Å². The van der Waals surface area contributed by atoms with Crippen LogP contribution in [0.2, 0.25) is 0 Å². The number of amides is 1. The van der Waals surface area contributed by atoms with E-state index >= 15 is 0 Å². The minimum absolute atomic E-state index is 0.109. The summed E-state index contributed by atoms with van der Waals surface area (Å²) in [5.41, 5.74) is 0.295. The van der Waals surface area contributed by atoms with Crippen molar-refractivity contribution in [1.29, 1.82) is 0 Å². The maximum absolute atomic E-state index is 12.8. The fourth-order valence-corrected chi connectivity index (χ4v) is 3.88. The summed E-state index contributed by atoms with van der Waals surface area (Å²) in [6, 6.07) is 0. The summed E-state index contributed by atoms with van der Waals surface area (Å²) in [5, 5.41) is 7.54. The SMILES string of the molecule is COc1nc(C(=O)N2C[C@H](c3nc(C4CC4)n[nH]3)[C@@H](C3CC3)C2)co1. The summed E-state index contributed by atoms with van der Waals surface area (Å²) in [7, 11) is 1.47. The van der Waals surface area contributed by atoms with E-state index in [-0.39, 0.29) is 17.9 Å². The number of H-pyrrole nitrogens is 1. The summed E-state index contributed by atoms with van der Waals surface area (Å²) in [6.45, 7) is 1.39. The first-order chi connectivity index (χ1) is 12.2. The number of hydrogen-bond acceptors (Lipinski definition) is 6. The lowest BCUT2D eigenvalue weighted by Gasteiger charge is -2.14. The van der Waals surface area contributed by atoms with E-state index in [1.54, 1.807) is 0 Å². The van der Waals surface area contributed by atoms with Crippen LogP contribution in [0.4, 0.5) is 0 Å². The second kappa shape index (κ2) is 5.57. The Bertz CT molecular complexity index is 792. The van der Waals surface area contributed by atoms with Gasteiger partial charge in [-0.25, -0.2) is 4.98 Å². The second-order valence-electron chi connectivity index (χ2n) is 7.37. The smallest absolute Gasteiger partial charge is 0.393 e. The standard InChI is InChI=1S/C17H21N5O3/c1-24-17-18-13(8-25-17)16(23)22-6-11(9-2-3-9)12(7-22)15-19-14(20-21-15)10-4-5-10/h8-12H,2-7H2,1H3,(H,19,20,21)/t11-,12+/m1/s1. The maximum atomic E-state index is 12.8. The molecule has 1 saturated heterocycles. The minimum Gasteiger partial charge on any atom is -0.454 e. The summed E-state index contributed by atoms with van der Waals surface area (Å²) >= 11 is 0. The summed E-state index contributed by atoms with van der Waals surface area (Å²) in [6.07, 6.45) is 6.33. The van der Waals surface area contributed by atoms with Gasteiger partial charge in [0.1, 0.15) is 12.1 Å². The highest BCUT2D eigenvalue weighted by molar-refractivity contribution is 5.92. The van der Waals surface area contributed by atoms with Gasteiger partial charge in [-0.15, -0.1) is 0 Å². The van der Waals surface area contributed by atoms with Crippen LogP contribution in [0.1, 0.15) is 59.7 Å². The molecule has 132 valence electrons. The van der Waals surface area contributed by atoms with Gasteiger partial charge in [0.05, 0.1) is 7.11 Å². The van der Waals surface area contributed by atoms with E-state index < -0.39 is 0 Å². The minimum atomic E-state index is -0.109. The van der Waals surface area contributed by atoms with E-state index in [0.29, 0.717) is 30.0 Å². The molecule has 3 fully saturated rings. The highest BCUT2D eigenvalue weighted by Gasteiger charge is 2.46. The highest BCUT2D eigenvalue weighted by atomic mass is 16.6. The van der Waals surface area contributed by atoms with Crippen LogP contribution in [0.3, 0.4) is 0 Å². The average Bonchev–Trinajstić information content (AvgIpc) is 3.51. The Labute approximate surface area is 145 Å². The predicted octanol–water partition coefficient (Wildman–Crippen LogP) is 1.94. The van der Waals surface area contributed by atoms with Gasteiger partial charge in [-0.1, -0.05) is 0 Å². The molecular weight excluding hydrogens is 322 g/mol. The van der Waals surface area contributed by atoms with Gasteiger partial charge in [0.25, 0.3) is 5.91 Å². The van der Waals surface area contributed by atoms with Crippen molar-refractivity contribution < 1.29 is 13.9 Å². The van der Waals surface area contributed by atoms with Crippen molar-refractivity contribution >= 4 is 5.91 Å². The topological polar surface area (TPSA) is 97.1 Å². The molecule has 3 heterocycles. The van der Waals surface area contributed by atoms with Gasteiger partial charge in [0, 0.05) is 24.9 Å². The fraction of sp³-hybridized carbons (Fsp3) is 0.647. The van der Waals surface area contributed by atoms with Crippen LogP contribution in [0.25, 0.3) is 0 Å². The zero-order chi connectivity index (χ0) is 17.0. The van der Waals surface area contributed by atoms with E-state index in [9.17, 15) is 4.79 Å². The molecule has 3 aliphatic rings. The van der Waals surface area contributed by atoms with Gasteiger partial charge in [-0.2, -0.15) is 10.1 Å². The number of likely N-dealkylation sites (tertiary alicyclic amines) is 1. The average molecular weight is 343 g/mol. The van der Waals surface area contributed by atoms with Crippen molar-refractivity contribution in [2.24, 2.45) is 11.8 Å². The molecule has 2 atom stereocenters. The molecule has 2 aromatic rings. The van der Waals surface area contributed by atoms with Gasteiger partial charge >= 0.3 is 6.08 Å². The van der Waals surface area contributed by atoms with E-state index in [2.05, 4.69) is 15.2 Å². The molecular formula is C17H21N5O3. The Morgan fingerprint density at radius 1 is 1.28 bits per heavy atom. The quantitative estimate of drug-likeness (QED) is 0.891. The van der Waals surface area contributed by atoms with Crippen LogP contribution in [-0.2, 0) is 0 Å². The first-order valence-corrected chi connectivity index (χ1v) is 8.94. The van der Waals surface area contributed by atoms with Crippen LogP contribution in [0, 0.1) is 11.8 Å². The molecule has 25 heavy (non-hydrogen) atoms. The molecule has 1 aliphatic heterocycles. The van der Waals surface area contributed by atoms with Crippen molar-refractivity contribution in [3.8, 4) is 6.08 Å². The van der Waals surface area contributed by atoms with Crippen LogP contribution < -0.4 is 4.74 Å². The Morgan fingerprint density at radius 3 is 2.80 bits per heavy atom. The lowest BCUT2D eigenvalue weighted by molar-refractivity contribution is 0.0778. The number of nitrogens with one attached hydrogen (secondary N) is 1. The van der Waals surface area contributed by atoms with E-state index in [0.717, 1.165) is 18.2 Å². The number of carbonyl (C=O) groups excluding carboxylic acids is 1. The molecule has 1 amide bonds. The second-order valence-corrected chi connectivity index (χ2v) is 7.37. The number of rotatable bonds is 5. The van der Waals surface area contributed by atoms with Crippen molar-refractivity contribution in [2.75, 3.05) is 20.2 Å². The third kappa shape index (κ3) is 2.69. The predicted molar refractivity (Wildman–Crippen MR) is 86.3 cm³/mol. The Kier molecular flexibility index (Phi) is 3.33. The number of ether oxygens (including phenoxy) is 1. The Morgan fingerprint density at radius 2 is 2.12 bits per heavy atom. The molecule has 1 N–H and O–H groups in total. The zero-order valence-electron chi connectivity index (χ0n) is 14.1. The number of aromatic nitrogens is 4. The molecule has 0 spiro atoms. The molecule has 8 nitrogen and oxygen atoms in total. The Hall–Kier alpha value is -2.38. The van der Waals surface area contributed by atoms with Crippen LogP contribution in [0.5, 0.6) is 6.08 Å². The zero-order valence-corrected chi connectivity index (χ0v) is 14.1. The first kappa shape index (κ1) is 14.9. The number of aromatic amines is 1. The van der Waals surface area contributed by atoms with Crippen LogP contribution in [0.15, 0.2) is 10.7 Å². The number of nitrogens with zero attached hydrogens (tertiary/aromatic N) is 4. The number of methoxy groups -OCH3 is 1. The molecule has 0 aromatic carbocycles. The van der Waals surface area contributed by atoms with E-state index in [1.165, 1.54) is 39.1 Å². The largest absolute Gasteiger partial charge is 0.454 e.